The van der Waals surface area contributed by atoms with E-state index in [0.717, 1.165) is 0 Å². The average molecular weight is 206 g/mol. The lowest BCUT2D eigenvalue weighted by Gasteiger charge is -2.18. The molecule has 0 aliphatic heterocycles. The molecule has 2 atom stereocenters. The smallest absolute Gasteiger partial charge is 0.308 e. The van der Waals surface area contributed by atoms with Crippen LogP contribution in [0, 0.1) is 11.8 Å². The number of ether oxygens (including phenoxy) is 1. The Morgan fingerprint density at radius 2 is 2.00 bits per heavy atom. The summed E-state index contributed by atoms with van der Waals surface area (Å²) in [6, 6.07) is 0. The molecule has 1 N–H and O–H groups in total. The maximum Gasteiger partial charge on any atom is 0.308 e. The second kappa shape index (κ2) is 6.76. The summed E-state index contributed by atoms with van der Waals surface area (Å²) in [5, 5.41) is 9.02. The Bertz CT molecular complexity index is 171. The van der Waals surface area contributed by atoms with Gasteiger partial charge in [0.1, 0.15) is 6.67 Å². The quantitative estimate of drug-likeness (QED) is 0.670. The first kappa shape index (κ1) is 13.4. The van der Waals surface area contributed by atoms with Crippen LogP contribution in [0.4, 0.5) is 4.39 Å². The molecule has 0 spiro atoms. The molecule has 0 fully saturated rings. The highest BCUT2D eigenvalue weighted by Crippen LogP contribution is 2.19. The Morgan fingerprint density at radius 3 is 2.36 bits per heavy atom. The van der Waals surface area contributed by atoms with E-state index in [2.05, 4.69) is 4.74 Å². The molecule has 14 heavy (non-hydrogen) atoms. The fourth-order valence-corrected chi connectivity index (χ4v) is 1.32. The van der Waals surface area contributed by atoms with Gasteiger partial charge in [-0.25, -0.2) is 4.39 Å². The van der Waals surface area contributed by atoms with E-state index in [9.17, 15) is 9.18 Å². The molecule has 2 unspecified atom stereocenters. The van der Waals surface area contributed by atoms with Crippen LogP contribution in [0.15, 0.2) is 0 Å². The summed E-state index contributed by atoms with van der Waals surface area (Å²) in [6.07, 6.45) is -0.190. The first-order valence-electron chi connectivity index (χ1n) is 4.84. The number of carbonyl (C=O) groups excluding carboxylic acids is 1. The van der Waals surface area contributed by atoms with Gasteiger partial charge < -0.3 is 9.84 Å². The van der Waals surface area contributed by atoms with Crippen molar-refractivity contribution >= 4 is 5.97 Å². The minimum absolute atomic E-state index is 0.147. The topological polar surface area (TPSA) is 46.5 Å². The molecule has 0 aromatic rings. The second-order valence-electron chi connectivity index (χ2n) is 3.76. The number of halogens is 1. The van der Waals surface area contributed by atoms with Crippen LogP contribution < -0.4 is 0 Å². The largest absolute Gasteiger partial charge is 0.469 e. The van der Waals surface area contributed by atoms with Gasteiger partial charge in [0, 0.05) is 0 Å². The van der Waals surface area contributed by atoms with E-state index in [4.69, 9.17) is 5.11 Å². The van der Waals surface area contributed by atoms with E-state index in [1.807, 2.05) is 13.8 Å². The molecule has 0 rings (SSSR count). The first-order valence-corrected chi connectivity index (χ1v) is 4.84. The molecule has 0 aliphatic rings. The third kappa shape index (κ3) is 4.56. The van der Waals surface area contributed by atoms with Crippen molar-refractivity contribution in [3.8, 4) is 0 Å². The van der Waals surface area contributed by atoms with E-state index in [1.165, 1.54) is 7.11 Å². The molecule has 0 aliphatic carbocycles. The molecule has 0 aromatic heterocycles. The first-order chi connectivity index (χ1) is 6.52. The van der Waals surface area contributed by atoms with Crippen molar-refractivity contribution in [3.63, 3.8) is 0 Å². The predicted octanol–water partition coefficient (Wildman–Crippen LogP) is 1.54. The Hall–Kier alpha value is -0.640. The van der Waals surface area contributed by atoms with Crippen LogP contribution in [0.2, 0.25) is 0 Å². The zero-order valence-corrected chi connectivity index (χ0v) is 9.00. The number of aliphatic hydroxyl groups is 1. The highest BCUT2D eigenvalue weighted by Gasteiger charge is 2.23. The van der Waals surface area contributed by atoms with E-state index >= 15 is 0 Å². The number of aliphatic hydroxyl groups excluding tert-OH is 1. The van der Waals surface area contributed by atoms with Gasteiger partial charge >= 0.3 is 5.97 Å². The molecule has 84 valence electrons. The maximum absolute atomic E-state index is 12.0. The average Bonchev–Trinajstić information content (AvgIpc) is 2.16. The monoisotopic (exact) mass is 206 g/mol. The van der Waals surface area contributed by atoms with Gasteiger partial charge in [-0.1, -0.05) is 13.8 Å². The number of carbonyl (C=O) groups is 1. The van der Waals surface area contributed by atoms with Crippen LogP contribution in [-0.2, 0) is 9.53 Å². The fraction of sp³-hybridized carbons (Fsp3) is 0.900. The zero-order chi connectivity index (χ0) is 11.1. The molecular weight excluding hydrogens is 187 g/mol. The van der Waals surface area contributed by atoms with Gasteiger partial charge in [-0.05, 0) is 18.8 Å². The lowest BCUT2D eigenvalue weighted by Crippen LogP contribution is -2.23. The summed E-state index contributed by atoms with van der Waals surface area (Å²) in [4.78, 5) is 11.3. The van der Waals surface area contributed by atoms with Gasteiger partial charge in [-0.15, -0.1) is 0 Å². The van der Waals surface area contributed by atoms with E-state index in [1.54, 1.807) is 0 Å². The van der Waals surface area contributed by atoms with Crippen LogP contribution in [0.25, 0.3) is 0 Å². The highest BCUT2D eigenvalue weighted by atomic mass is 19.1. The number of hydrogen-bond acceptors (Lipinski definition) is 3. The Morgan fingerprint density at radius 1 is 1.43 bits per heavy atom. The van der Waals surface area contributed by atoms with Gasteiger partial charge in [-0.2, -0.15) is 0 Å². The SMILES string of the molecule is COC(=O)C(CCC(O)CF)C(C)C. The number of rotatable bonds is 6. The molecule has 0 radical (unpaired) electrons. The van der Waals surface area contributed by atoms with Gasteiger partial charge in [0.05, 0.1) is 19.1 Å². The second-order valence-corrected chi connectivity index (χ2v) is 3.76. The third-order valence-corrected chi connectivity index (χ3v) is 2.30. The molecule has 0 bridgehead atoms. The highest BCUT2D eigenvalue weighted by molar-refractivity contribution is 5.72. The van der Waals surface area contributed by atoms with Crippen molar-refractivity contribution in [3.05, 3.63) is 0 Å². The van der Waals surface area contributed by atoms with Gasteiger partial charge in [0.15, 0.2) is 0 Å². The molecule has 0 aromatic carbocycles. The van der Waals surface area contributed by atoms with Gasteiger partial charge in [0.2, 0.25) is 0 Å². The minimum atomic E-state index is -0.957. The van der Waals surface area contributed by atoms with Crippen molar-refractivity contribution in [1.82, 2.24) is 0 Å². The lowest BCUT2D eigenvalue weighted by molar-refractivity contribution is -0.147. The number of alkyl halides is 1. The summed E-state index contributed by atoms with van der Waals surface area (Å²) in [7, 11) is 1.34. The summed E-state index contributed by atoms with van der Waals surface area (Å²) >= 11 is 0. The standard InChI is InChI=1S/C10H19FO3/c1-7(2)9(10(13)14-3)5-4-8(12)6-11/h7-9,12H,4-6H2,1-3H3. The van der Waals surface area contributed by atoms with Crippen LogP contribution in [0.5, 0.6) is 0 Å². The Kier molecular flexibility index (Phi) is 6.45. The normalized spacial score (nSPS) is 15.3. The number of esters is 1. The van der Waals surface area contributed by atoms with Gasteiger partial charge in [0.25, 0.3) is 0 Å². The molecule has 0 saturated heterocycles. The van der Waals surface area contributed by atoms with Crippen molar-refractivity contribution in [2.24, 2.45) is 11.8 Å². The van der Waals surface area contributed by atoms with E-state index in [0.29, 0.717) is 12.8 Å². The minimum Gasteiger partial charge on any atom is -0.469 e. The van der Waals surface area contributed by atoms with Crippen molar-refractivity contribution in [2.75, 3.05) is 13.8 Å². The Labute approximate surface area is 84.3 Å². The summed E-state index contributed by atoms with van der Waals surface area (Å²) < 4.78 is 16.6. The fourth-order valence-electron chi connectivity index (χ4n) is 1.32. The molecule has 3 nitrogen and oxygen atoms in total. The van der Waals surface area contributed by atoms with Crippen LogP contribution in [0.3, 0.4) is 0 Å². The van der Waals surface area contributed by atoms with E-state index in [-0.39, 0.29) is 17.8 Å². The maximum atomic E-state index is 12.0. The van der Waals surface area contributed by atoms with Crippen molar-refractivity contribution in [2.45, 2.75) is 32.8 Å². The molecule has 4 heteroatoms. The third-order valence-electron chi connectivity index (χ3n) is 2.30. The van der Waals surface area contributed by atoms with Gasteiger partial charge in [-0.3, -0.25) is 4.79 Å². The van der Waals surface area contributed by atoms with Crippen molar-refractivity contribution < 1.29 is 19.0 Å². The molecule has 0 amide bonds. The van der Waals surface area contributed by atoms with Crippen LogP contribution >= 0.6 is 0 Å². The Balaban J connectivity index is 4.04. The number of hydrogen-bond donors (Lipinski definition) is 1. The molecule has 0 saturated carbocycles. The molecule has 0 heterocycles. The summed E-state index contributed by atoms with van der Waals surface area (Å²) in [5.41, 5.74) is 0. The summed E-state index contributed by atoms with van der Waals surface area (Å²) in [5.74, 6) is -0.387. The van der Waals surface area contributed by atoms with Crippen molar-refractivity contribution in [1.29, 1.82) is 0 Å². The van der Waals surface area contributed by atoms with E-state index < -0.39 is 12.8 Å². The van der Waals surface area contributed by atoms with Crippen LogP contribution in [-0.4, -0.2) is 31.0 Å². The molecular formula is C10H19FO3. The number of methoxy groups -OCH3 is 1. The zero-order valence-electron chi connectivity index (χ0n) is 9.00. The lowest BCUT2D eigenvalue weighted by atomic mass is 9.90. The van der Waals surface area contributed by atoms with Crippen LogP contribution in [0.1, 0.15) is 26.7 Å². The predicted molar refractivity (Wildman–Crippen MR) is 51.6 cm³/mol. The summed E-state index contributed by atoms with van der Waals surface area (Å²) in [6.45, 7) is 3.05.